The molecule has 5 nitrogen and oxygen atoms in total. The van der Waals surface area contributed by atoms with Crippen LogP contribution in [0.5, 0.6) is 5.75 Å². The Hall–Kier alpha value is -1.11. The lowest BCUT2D eigenvalue weighted by Gasteiger charge is -2.21. The Bertz CT molecular complexity index is 544. The minimum Gasteiger partial charge on any atom is -0.497 e. The van der Waals surface area contributed by atoms with Gasteiger partial charge in [-0.05, 0) is 30.0 Å². The first-order chi connectivity index (χ1) is 9.76. The van der Waals surface area contributed by atoms with Gasteiger partial charge in [-0.15, -0.1) is 0 Å². The van der Waals surface area contributed by atoms with E-state index in [4.69, 9.17) is 10.5 Å². The molecule has 0 radical (unpaired) electrons. The van der Waals surface area contributed by atoms with Crippen LogP contribution in [0.15, 0.2) is 24.3 Å². The second-order valence-electron chi connectivity index (χ2n) is 5.63. The number of hydrogen-bond acceptors (Lipinski definition) is 4. The van der Waals surface area contributed by atoms with E-state index in [0.717, 1.165) is 0 Å². The van der Waals surface area contributed by atoms with Gasteiger partial charge in [-0.1, -0.05) is 26.0 Å². The molecule has 1 aromatic rings. The van der Waals surface area contributed by atoms with Crippen LogP contribution in [0.1, 0.15) is 25.8 Å². The van der Waals surface area contributed by atoms with E-state index in [1.165, 1.54) is 4.31 Å². The Morgan fingerprint density at radius 2 is 2.00 bits per heavy atom. The Balaban J connectivity index is 2.67. The van der Waals surface area contributed by atoms with Gasteiger partial charge in [0, 0.05) is 19.6 Å². The number of rotatable bonds is 8. The molecule has 0 aliphatic rings. The smallest absolute Gasteiger partial charge is 0.218 e. The fourth-order valence-electron chi connectivity index (χ4n) is 1.89. The van der Waals surface area contributed by atoms with Crippen molar-refractivity contribution in [2.75, 3.05) is 20.7 Å². The lowest BCUT2D eigenvalue weighted by atomic mass is 10.0. The maximum atomic E-state index is 12.3. The van der Waals surface area contributed by atoms with E-state index >= 15 is 0 Å². The largest absolute Gasteiger partial charge is 0.497 e. The van der Waals surface area contributed by atoms with Crippen molar-refractivity contribution >= 4 is 10.0 Å². The minimum absolute atomic E-state index is 0.0134. The van der Waals surface area contributed by atoms with E-state index in [-0.39, 0.29) is 11.8 Å². The Morgan fingerprint density at radius 3 is 2.57 bits per heavy atom. The van der Waals surface area contributed by atoms with Crippen molar-refractivity contribution in [2.24, 2.45) is 11.7 Å². The zero-order valence-corrected chi connectivity index (χ0v) is 14.1. The summed E-state index contributed by atoms with van der Waals surface area (Å²) in [6.07, 6.45) is 0.658. The standard InChI is InChI=1S/C15H26N2O3S/c1-12(2)15(16)8-9-17(3)21(18,19)11-13-6-5-7-14(10-13)20-4/h5-7,10,12,15H,8-9,11,16H2,1-4H3. The van der Waals surface area contributed by atoms with Crippen LogP contribution in [0, 0.1) is 5.92 Å². The fourth-order valence-corrected chi connectivity index (χ4v) is 3.09. The molecule has 0 spiro atoms. The van der Waals surface area contributed by atoms with Crippen LogP contribution in [0.25, 0.3) is 0 Å². The summed E-state index contributed by atoms with van der Waals surface area (Å²) in [5, 5.41) is 0. The third-order valence-electron chi connectivity index (χ3n) is 3.59. The summed E-state index contributed by atoms with van der Waals surface area (Å²) in [6.45, 7) is 4.51. The summed E-state index contributed by atoms with van der Waals surface area (Å²) in [5.74, 6) is 0.976. The van der Waals surface area contributed by atoms with Gasteiger partial charge in [0.05, 0.1) is 12.9 Å². The molecule has 2 N–H and O–H groups in total. The first-order valence-corrected chi connectivity index (χ1v) is 8.69. The summed E-state index contributed by atoms with van der Waals surface area (Å²) in [4.78, 5) is 0. The number of methoxy groups -OCH3 is 1. The SMILES string of the molecule is COc1cccc(CS(=O)(=O)N(C)CCC(N)C(C)C)c1. The van der Waals surface area contributed by atoms with E-state index in [2.05, 4.69) is 0 Å². The molecule has 0 aliphatic carbocycles. The van der Waals surface area contributed by atoms with Crippen molar-refractivity contribution in [3.8, 4) is 5.75 Å². The van der Waals surface area contributed by atoms with Crippen LogP contribution in [0.2, 0.25) is 0 Å². The summed E-state index contributed by atoms with van der Waals surface area (Å²) in [5.41, 5.74) is 6.68. The van der Waals surface area contributed by atoms with E-state index in [1.807, 2.05) is 13.8 Å². The number of sulfonamides is 1. The number of hydrogen-bond donors (Lipinski definition) is 1. The maximum Gasteiger partial charge on any atom is 0.218 e. The third-order valence-corrected chi connectivity index (χ3v) is 5.42. The van der Waals surface area contributed by atoms with Crippen molar-refractivity contribution in [1.82, 2.24) is 4.31 Å². The summed E-state index contributed by atoms with van der Waals surface area (Å²) in [6, 6.07) is 7.12. The van der Waals surface area contributed by atoms with Gasteiger partial charge >= 0.3 is 0 Å². The van der Waals surface area contributed by atoms with Crippen LogP contribution >= 0.6 is 0 Å². The quantitative estimate of drug-likeness (QED) is 0.794. The number of nitrogens with zero attached hydrogens (tertiary/aromatic N) is 1. The monoisotopic (exact) mass is 314 g/mol. The average molecular weight is 314 g/mol. The first kappa shape index (κ1) is 17.9. The van der Waals surface area contributed by atoms with Gasteiger partial charge in [-0.2, -0.15) is 0 Å². The fraction of sp³-hybridized carbons (Fsp3) is 0.600. The van der Waals surface area contributed by atoms with E-state index < -0.39 is 10.0 Å². The van der Waals surface area contributed by atoms with Gasteiger partial charge in [0.2, 0.25) is 10.0 Å². The van der Waals surface area contributed by atoms with Gasteiger partial charge in [0.15, 0.2) is 0 Å². The summed E-state index contributed by atoms with van der Waals surface area (Å²) >= 11 is 0. The molecule has 1 aromatic carbocycles. The third kappa shape index (κ3) is 5.65. The molecule has 0 aromatic heterocycles. The van der Waals surface area contributed by atoms with Crippen molar-refractivity contribution in [1.29, 1.82) is 0 Å². The predicted octanol–water partition coefficient (Wildman–Crippen LogP) is 1.83. The molecule has 120 valence electrons. The van der Waals surface area contributed by atoms with Gasteiger partial charge in [-0.25, -0.2) is 12.7 Å². The number of ether oxygens (including phenoxy) is 1. The van der Waals surface area contributed by atoms with E-state index in [9.17, 15) is 8.42 Å². The van der Waals surface area contributed by atoms with Gasteiger partial charge < -0.3 is 10.5 Å². The molecule has 0 fully saturated rings. The second kappa shape index (κ2) is 7.77. The van der Waals surface area contributed by atoms with Crippen molar-refractivity contribution in [2.45, 2.75) is 32.1 Å². The highest BCUT2D eigenvalue weighted by molar-refractivity contribution is 7.88. The molecular weight excluding hydrogens is 288 g/mol. The van der Waals surface area contributed by atoms with Gasteiger partial charge in [0.1, 0.15) is 5.75 Å². The average Bonchev–Trinajstić information content (AvgIpc) is 2.43. The van der Waals surface area contributed by atoms with Crippen molar-refractivity contribution < 1.29 is 13.2 Å². The Morgan fingerprint density at radius 1 is 1.33 bits per heavy atom. The van der Waals surface area contributed by atoms with Gasteiger partial charge in [0.25, 0.3) is 0 Å². The second-order valence-corrected chi connectivity index (χ2v) is 7.70. The molecular formula is C15H26N2O3S. The molecule has 0 saturated carbocycles. The first-order valence-electron chi connectivity index (χ1n) is 7.08. The molecule has 1 unspecified atom stereocenters. The topological polar surface area (TPSA) is 72.6 Å². The lowest BCUT2D eigenvalue weighted by molar-refractivity contribution is 0.397. The van der Waals surface area contributed by atoms with Crippen molar-refractivity contribution in [3.05, 3.63) is 29.8 Å². The van der Waals surface area contributed by atoms with Crippen LogP contribution < -0.4 is 10.5 Å². The molecule has 0 amide bonds. The molecule has 1 rings (SSSR count). The van der Waals surface area contributed by atoms with Crippen LogP contribution in [0.4, 0.5) is 0 Å². The highest BCUT2D eigenvalue weighted by Gasteiger charge is 2.20. The molecule has 0 bridgehead atoms. The molecule has 0 saturated heterocycles. The molecule has 1 atom stereocenters. The zero-order chi connectivity index (χ0) is 16.0. The molecule has 21 heavy (non-hydrogen) atoms. The summed E-state index contributed by atoms with van der Waals surface area (Å²) < 4.78 is 31.1. The van der Waals surface area contributed by atoms with E-state index in [0.29, 0.717) is 30.2 Å². The van der Waals surface area contributed by atoms with Crippen LogP contribution in [-0.2, 0) is 15.8 Å². The molecule has 6 heteroatoms. The normalized spacial score (nSPS) is 13.7. The number of benzene rings is 1. The van der Waals surface area contributed by atoms with Crippen molar-refractivity contribution in [3.63, 3.8) is 0 Å². The van der Waals surface area contributed by atoms with Crippen LogP contribution in [-0.4, -0.2) is 39.5 Å². The highest BCUT2D eigenvalue weighted by Crippen LogP contribution is 2.16. The lowest BCUT2D eigenvalue weighted by Crippen LogP contribution is -2.35. The number of nitrogens with two attached hydrogens (primary N) is 1. The maximum absolute atomic E-state index is 12.3. The van der Waals surface area contributed by atoms with E-state index in [1.54, 1.807) is 38.4 Å². The van der Waals surface area contributed by atoms with Crippen LogP contribution in [0.3, 0.4) is 0 Å². The highest BCUT2D eigenvalue weighted by atomic mass is 32.2. The minimum atomic E-state index is -3.34. The Labute approximate surface area is 128 Å². The molecule has 0 heterocycles. The Kier molecular flexibility index (Phi) is 6.64. The summed E-state index contributed by atoms with van der Waals surface area (Å²) in [7, 11) is -0.175. The van der Waals surface area contributed by atoms with Gasteiger partial charge in [-0.3, -0.25) is 0 Å². The zero-order valence-electron chi connectivity index (χ0n) is 13.2. The molecule has 0 aliphatic heterocycles. The predicted molar refractivity (Wildman–Crippen MR) is 85.7 cm³/mol.